The molecule has 0 radical (unpaired) electrons. The number of hydrogen-bond acceptors (Lipinski definition) is 0. The van der Waals surface area contributed by atoms with E-state index in [0.717, 1.165) is 12.8 Å². The minimum atomic E-state index is -5.13. The summed E-state index contributed by atoms with van der Waals surface area (Å²) in [5.41, 5.74) is 17.4. The molecule has 62 heavy (non-hydrogen) atoms. The van der Waals surface area contributed by atoms with Gasteiger partial charge in [-0.3, -0.25) is 0 Å². The summed E-state index contributed by atoms with van der Waals surface area (Å²) in [6, 6.07) is 33.2. The normalized spacial score (nSPS) is 22.2. The fourth-order valence-corrected chi connectivity index (χ4v) is 44.0. The average Bonchev–Trinajstić information content (AvgIpc) is 3.60. The minimum absolute atomic E-state index is 0.0892. The van der Waals surface area contributed by atoms with Gasteiger partial charge in [0.1, 0.15) is 0 Å². The van der Waals surface area contributed by atoms with E-state index < -0.39 is 21.5 Å². The molecule has 0 aliphatic heterocycles. The SMILES string of the molecule is C[SiH](C)[Zr]([Cl])([Cl])([CH]1C(CC2(C)CCCCCC2)=Cc2c(-c3ccc(C(C)(C)C)cc3)cccc21)[CH]1C(CC2(C)CCCCCC2)=Cc2c(-c3ccc(C(C)(C)C)cc3)cccc21. The maximum atomic E-state index is 9.27. The summed E-state index contributed by atoms with van der Waals surface area (Å²) in [7, 11) is 18.5. The van der Waals surface area contributed by atoms with E-state index >= 15 is 0 Å². The summed E-state index contributed by atoms with van der Waals surface area (Å²) < 4.78 is 0.178. The van der Waals surface area contributed by atoms with Crippen molar-refractivity contribution in [2.24, 2.45) is 10.8 Å². The van der Waals surface area contributed by atoms with Gasteiger partial charge in [0.25, 0.3) is 0 Å². The van der Waals surface area contributed by atoms with Crippen LogP contribution in [0, 0.1) is 10.8 Å². The quantitative estimate of drug-likeness (QED) is 0.116. The third kappa shape index (κ3) is 8.85. The van der Waals surface area contributed by atoms with E-state index in [-0.39, 0.29) is 28.9 Å². The second-order valence-corrected chi connectivity index (χ2v) is 66.3. The second-order valence-electron chi connectivity index (χ2n) is 23.8. The molecule has 0 nitrogen and oxygen atoms in total. The Labute approximate surface area is 386 Å². The van der Waals surface area contributed by atoms with Gasteiger partial charge in [0.15, 0.2) is 0 Å². The van der Waals surface area contributed by atoms with E-state index in [1.165, 1.54) is 133 Å². The Morgan fingerprint density at radius 3 is 1.16 bits per heavy atom. The fourth-order valence-electron chi connectivity index (χ4n) is 12.7. The summed E-state index contributed by atoms with van der Waals surface area (Å²) in [5.74, 6) is -1.76. The van der Waals surface area contributed by atoms with Crippen molar-refractivity contribution in [2.45, 2.75) is 176 Å². The van der Waals surface area contributed by atoms with Crippen LogP contribution in [0.1, 0.15) is 186 Å². The topological polar surface area (TPSA) is 0 Å². The van der Waals surface area contributed by atoms with Gasteiger partial charge < -0.3 is 0 Å². The van der Waals surface area contributed by atoms with Crippen molar-refractivity contribution >= 4 is 35.1 Å². The molecule has 4 heteroatoms. The number of allylic oxidation sites excluding steroid dienone is 2. The monoisotopic (exact) mass is 961 g/mol. The Bertz CT molecular complexity index is 2160. The Morgan fingerprint density at radius 2 is 0.855 bits per heavy atom. The van der Waals surface area contributed by atoms with Gasteiger partial charge in [0.2, 0.25) is 0 Å². The molecule has 4 aliphatic rings. The molecule has 4 aliphatic carbocycles. The van der Waals surface area contributed by atoms with E-state index in [9.17, 15) is 17.0 Å². The van der Waals surface area contributed by atoms with Crippen molar-refractivity contribution in [2.75, 3.05) is 0 Å². The average molecular weight is 964 g/mol. The molecule has 0 N–H and O–H groups in total. The van der Waals surface area contributed by atoms with Crippen LogP contribution in [0.3, 0.4) is 0 Å². The molecule has 2 saturated carbocycles. The Morgan fingerprint density at radius 1 is 0.516 bits per heavy atom. The summed E-state index contributed by atoms with van der Waals surface area (Å²) in [4.78, 5) is 0. The van der Waals surface area contributed by atoms with E-state index in [1.54, 1.807) is 11.1 Å². The number of hydrogen-bond donors (Lipinski definition) is 0. The first kappa shape index (κ1) is 46.6. The van der Waals surface area contributed by atoms with Crippen LogP contribution in [0.15, 0.2) is 96.1 Å². The standard InChI is InChI=1S/2C28H35.C2H7Si.2ClH.Zr/c2*1-27(2,3)24-14-12-22(13-15-24)25-11-9-10-23-18-21(19-26(23)25)20-28(4)16-7-5-6-8-17-28;1-3-2;;;/h2*9-15,18-19H,5-8,16-17,20H2,1-4H3;3H,1-2H3;2*1H;/q;;;;;+2/p-2. The summed E-state index contributed by atoms with van der Waals surface area (Å²) in [5, 5.41) is 0. The predicted octanol–water partition coefficient (Wildman–Crippen LogP) is 18.7. The second kappa shape index (κ2) is 17.4. The van der Waals surface area contributed by atoms with Gasteiger partial charge in [0, 0.05) is 0 Å². The molecule has 0 amide bonds. The molecule has 0 heterocycles. The summed E-state index contributed by atoms with van der Waals surface area (Å²) in [6.07, 6.45) is 23.4. The predicted molar refractivity (Wildman–Crippen MR) is 274 cm³/mol. The Hall–Kier alpha value is -1.96. The van der Waals surface area contributed by atoms with Crippen molar-refractivity contribution in [1.82, 2.24) is 0 Å². The molecular formula is C58H77Cl2SiZr. The zero-order valence-electron chi connectivity index (χ0n) is 40.1. The fraction of sp³-hybridized carbons (Fsp3) is 0.517. The first-order valence-corrected chi connectivity index (χ1v) is 41.0. The molecule has 0 spiro atoms. The molecule has 0 aromatic heterocycles. The molecule has 331 valence electrons. The summed E-state index contributed by atoms with van der Waals surface area (Å²) >= 11 is -5.13. The van der Waals surface area contributed by atoms with Crippen LogP contribution >= 0.6 is 17.0 Å². The number of rotatable bonds is 9. The van der Waals surface area contributed by atoms with Gasteiger partial charge in [-0.05, 0) is 0 Å². The Balaban J connectivity index is 1.34. The van der Waals surface area contributed by atoms with Gasteiger partial charge in [0.05, 0.1) is 0 Å². The van der Waals surface area contributed by atoms with Crippen molar-refractivity contribution in [3.63, 3.8) is 0 Å². The first-order chi connectivity index (χ1) is 29.2. The Kier molecular flexibility index (Phi) is 13.0. The van der Waals surface area contributed by atoms with Gasteiger partial charge in [-0.2, -0.15) is 0 Å². The zero-order chi connectivity index (χ0) is 44.3. The van der Waals surface area contributed by atoms with Crippen LogP contribution in [0.4, 0.5) is 0 Å². The molecule has 0 saturated heterocycles. The molecule has 8 rings (SSSR count). The van der Waals surface area contributed by atoms with Crippen LogP contribution in [0.5, 0.6) is 0 Å². The van der Waals surface area contributed by atoms with Gasteiger partial charge in [-0.25, -0.2) is 0 Å². The van der Waals surface area contributed by atoms with Crippen molar-refractivity contribution < 1.29 is 15.6 Å². The number of halogens is 2. The molecule has 4 aromatic rings. The van der Waals surface area contributed by atoms with E-state index in [4.69, 9.17) is 0 Å². The molecule has 0 bridgehead atoms. The molecule has 2 fully saturated rings. The third-order valence-electron chi connectivity index (χ3n) is 16.5. The van der Waals surface area contributed by atoms with Crippen molar-refractivity contribution in [1.29, 1.82) is 0 Å². The van der Waals surface area contributed by atoms with Crippen LogP contribution < -0.4 is 0 Å². The van der Waals surface area contributed by atoms with Crippen LogP contribution in [0.25, 0.3) is 34.4 Å². The van der Waals surface area contributed by atoms with Crippen molar-refractivity contribution in [3.8, 4) is 22.3 Å². The van der Waals surface area contributed by atoms with Crippen molar-refractivity contribution in [3.05, 3.63) is 129 Å². The zero-order valence-corrected chi connectivity index (χ0v) is 45.2. The van der Waals surface area contributed by atoms with E-state index in [2.05, 4.69) is 166 Å². The van der Waals surface area contributed by atoms with Gasteiger partial charge in [-0.15, -0.1) is 0 Å². The van der Waals surface area contributed by atoms with Gasteiger partial charge >= 0.3 is 390 Å². The van der Waals surface area contributed by atoms with E-state index in [0.29, 0.717) is 0 Å². The molecule has 4 aromatic carbocycles. The molecular weight excluding hydrogens is 887 g/mol. The molecule has 2 atom stereocenters. The third-order valence-corrected chi connectivity index (χ3v) is 68.4. The van der Waals surface area contributed by atoms with Crippen LogP contribution in [-0.2, 0) is 26.4 Å². The van der Waals surface area contributed by atoms with Crippen LogP contribution in [-0.4, -0.2) is 5.92 Å². The van der Waals surface area contributed by atoms with Gasteiger partial charge in [-0.1, -0.05) is 0 Å². The number of benzene rings is 4. The maximum absolute atomic E-state index is 9.27. The van der Waals surface area contributed by atoms with Crippen LogP contribution in [0.2, 0.25) is 13.1 Å². The first-order valence-electron chi connectivity index (χ1n) is 24.7. The molecule has 2 unspecified atom stereocenters. The summed E-state index contributed by atoms with van der Waals surface area (Å²) in [6.45, 7) is 24.2. The number of fused-ring (bicyclic) bond motifs is 2. The van der Waals surface area contributed by atoms with E-state index in [1.807, 2.05) is 0 Å².